The van der Waals surface area contributed by atoms with Gasteiger partial charge in [-0.2, -0.15) is 5.26 Å². The van der Waals surface area contributed by atoms with E-state index in [4.69, 9.17) is 5.26 Å². The molecule has 1 aromatic heterocycles. The predicted octanol–water partition coefficient (Wildman–Crippen LogP) is 1.29. The lowest BCUT2D eigenvalue weighted by atomic mass is 10.4. The Labute approximate surface area is 88.4 Å². The van der Waals surface area contributed by atoms with Gasteiger partial charge in [0.25, 0.3) is 0 Å². The molecule has 0 unspecified atom stereocenters. The Morgan fingerprint density at radius 2 is 2.43 bits per heavy atom. The molecule has 14 heavy (non-hydrogen) atoms. The summed E-state index contributed by atoms with van der Waals surface area (Å²) in [6.07, 6.45) is 0.0737. The highest BCUT2D eigenvalue weighted by Crippen LogP contribution is 2.20. The summed E-state index contributed by atoms with van der Waals surface area (Å²) in [6.45, 7) is 0. The lowest BCUT2D eigenvalue weighted by molar-refractivity contribution is -0.390. The number of rotatable bonds is 3. The Hall–Kier alpha value is -1.42. The largest absolute Gasteiger partial charge is 0.386 e. The number of nitriles is 1. The minimum Gasteiger partial charge on any atom is -0.358 e. The van der Waals surface area contributed by atoms with Gasteiger partial charge in [-0.1, -0.05) is 15.9 Å². The highest BCUT2D eigenvalue weighted by atomic mass is 79.9. The fraction of sp³-hybridized carbons (Fsp3) is 0.429. The lowest BCUT2D eigenvalue weighted by Gasteiger charge is -1.96. The minimum absolute atomic E-state index is 0.0737. The third kappa shape index (κ3) is 1.75. The first kappa shape index (κ1) is 10.7. The molecule has 0 saturated carbocycles. The van der Waals surface area contributed by atoms with Crippen LogP contribution in [0, 0.1) is 21.4 Å². The number of aromatic nitrogens is 2. The number of nitrogens with zero attached hydrogens (tertiary/aromatic N) is 4. The normalized spacial score (nSPS) is 9.79. The molecule has 0 aromatic carbocycles. The third-order valence-electron chi connectivity index (χ3n) is 1.82. The second kappa shape index (κ2) is 4.19. The molecule has 1 rings (SSSR count). The first-order valence-corrected chi connectivity index (χ1v) is 4.85. The van der Waals surface area contributed by atoms with Crippen LogP contribution in [0.2, 0.25) is 0 Å². The number of nitro groups is 1. The van der Waals surface area contributed by atoms with E-state index in [1.54, 1.807) is 11.6 Å². The number of alkyl halides is 1. The quantitative estimate of drug-likeness (QED) is 0.465. The van der Waals surface area contributed by atoms with Crippen LogP contribution in [-0.2, 0) is 18.8 Å². The summed E-state index contributed by atoms with van der Waals surface area (Å²) >= 11 is 3.14. The van der Waals surface area contributed by atoms with Crippen LogP contribution < -0.4 is 0 Å². The molecule has 0 atom stereocenters. The van der Waals surface area contributed by atoms with E-state index in [0.29, 0.717) is 16.8 Å². The monoisotopic (exact) mass is 258 g/mol. The molecule has 0 aliphatic carbocycles. The molecule has 0 aliphatic rings. The minimum atomic E-state index is -0.544. The van der Waals surface area contributed by atoms with E-state index in [0.717, 1.165) is 0 Å². The summed E-state index contributed by atoms with van der Waals surface area (Å²) in [5.41, 5.74) is 0.472. The number of halogens is 1. The van der Waals surface area contributed by atoms with Crippen LogP contribution in [0.1, 0.15) is 11.5 Å². The molecule has 0 spiro atoms. The van der Waals surface area contributed by atoms with Gasteiger partial charge >= 0.3 is 5.82 Å². The van der Waals surface area contributed by atoms with E-state index in [-0.39, 0.29) is 12.2 Å². The van der Waals surface area contributed by atoms with Crippen molar-refractivity contribution in [3.63, 3.8) is 0 Å². The molecule has 74 valence electrons. The summed E-state index contributed by atoms with van der Waals surface area (Å²) in [7, 11) is 1.66. The molecular weight excluding hydrogens is 252 g/mol. The van der Waals surface area contributed by atoms with Crippen molar-refractivity contribution < 1.29 is 4.92 Å². The van der Waals surface area contributed by atoms with Crippen LogP contribution in [0.3, 0.4) is 0 Å². The molecule has 1 heterocycles. The third-order valence-corrected chi connectivity index (χ3v) is 2.35. The standard InChI is InChI=1S/C7H7BrN4O2/c1-11-5(4-8)7(12(13)14)10-6(11)2-3-9/h2,4H2,1H3. The molecule has 7 heteroatoms. The van der Waals surface area contributed by atoms with Gasteiger partial charge in [0.15, 0.2) is 0 Å². The first-order valence-electron chi connectivity index (χ1n) is 3.73. The van der Waals surface area contributed by atoms with Gasteiger partial charge in [-0.3, -0.25) is 0 Å². The average Bonchev–Trinajstić information content (AvgIpc) is 2.44. The maximum atomic E-state index is 10.6. The van der Waals surface area contributed by atoms with Crippen molar-refractivity contribution in [2.45, 2.75) is 11.8 Å². The second-order valence-electron chi connectivity index (χ2n) is 2.58. The zero-order valence-electron chi connectivity index (χ0n) is 7.40. The van der Waals surface area contributed by atoms with Gasteiger partial charge in [-0.25, -0.2) is 0 Å². The van der Waals surface area contributed by atoms with Crippen LogP contribution in [0.15, 0.2) is 0 Å². The Balaban J connectivity index is 3.26. The van der Waals surface area contributed by atoms with Crippen LogP contribution in [0.5, 0.6) is 0 Å². The molecule has 0 fully saturated rings. The smallest absolute Gasteiger partial charge is 0.358 e. The van der Waals surface area contributed by atoms with Crippen molar-refractivity contribution in [2.75, 3.05) is 0 Å². The number of hydrogen-bond acceptors (Lipinski definition) is 4. The number of hydrogen-bond donors (Lipinski definition) is 0. The molecule has 0 saturated heterocycles. The molecule has 6 nitrogen and oxygen atoms in total. The molecular formula is C7H7BrN4O2. The Morgan fingerprint density at radius 1 is 1.79 bits per heavy atom. The van der Waals surface area contributed by atoms with E-state index < -0.39 is 4.92 Å². The van der Waals surface area contributed by atoms with Crippen molar-refractivity contribution in [1.29, 1.82) is 5.26 Å². The molecule has 0 aliphatic heterocycles. The topological polar surface area (TPSA) is 84.8 Å². The summed E-state index contributed by atoms with van der Waals surface area (Å²) in [6, 6.07) is 1.91. The maximum absolute atomic E-state index is 10.6. The molecule has 0 N–H and O–H groups in total. The fourth-order valence-electron chi connectivity index (χ4n) is 1.09. The Kier molecular flexibility index (Phi) is 3.19. The second-order valence-corrected chi connectivity index (χ2v) is 3.14. The van der Waals surface area contributed by atoms with Crippen LogP contribution in [0.4, 0.5) is 5.82 Å². The predicted molar refractivity (Wildman–Crippen MR) is 51.8 cm³/mol. The zero-order chi connectivity index (χ0) is 10.7. The summed E-state index contributed by atoms with van der Waals surface area (Å²) in [5.74, 6) is 0.225. The van der Waals surface area contributed by atoms with Gasteiger partial charge in [0, 0.05) is 7.05 Å². The van der Waals surface area contributed by atoms with Crippen molar-refractivity contribution in [3.05, 3.63) is 21.6 Å². The van der Waals surface area contributed by atoms with Crippen LogP contribution >= 0.6 is 15.9 Å². The van der Waals surface area contributed by atoms with Crippen molar-refractivity contribution >= 4 is 21.7 Å². The van der Waals surface area contributed by atoms with E-state index >= 15 is 0 Å². The maximum Gasteiger partial charge on any atom is 0.386 e. The van der Waals surface area contributed by atoms with Gasteiger partial charge in [-0.05, 0) is 9.91 Å². The van der Waals surface area contributed by atoms with E-state index in [9.17, 15) is 10.1 Å². The van der Waals surface area contributed by atoms with Gasteiger partial charge in [0.1, 0.15) is 12.1 Å². The van der Waals surface area contributed by atoms with Crippen LogP contribution in [-0.4, -0.2) is 14.5 Å². The van der Waals surface area contributed by atoms with Gasteiger partial charge in [-0.15, -0.1) is 0 Å². The SMILES string of the molecule is Cn1c(CC#N)nc([N+](=O)[O-])c1CBr. The molecule has 0 amide bonds. The Morgan fingerprint density at radius 3 is 2.79 bits per heavy atom. The van der Waals surface area contributed by atoms with E-state index in [2.05, 4.69) is 20.9 Å². The number of imidazole rings is 1. The summed E-state index contributed by atoms with van der Waals surface area (Å²) in [4.78, 5) is 13.8. The van der Waals surface area contributed by atoms with Crippen molar-refractivity contribution in [2.24, 2.45) is 7.05 Å². The lowest BCUT2D eigenvalue weighted by Crippen LogP contribution is -2.00. The van der Waals surface area contributed by atoms with Gasteiger partial charge in [0.2, 0.25) is 5.82 Å². The molecule has 1 aromatic rings. The average molecular weight is 259 g/mol. The van der Waals surface area contributed by atoms with Gasteiger partial charge < -0.3 is 14.7 Å². The van der Waals surface area contributed by atoms with E-state index in [1.165, 1.54) is 0 Å². The molecule has 0 bridgehead atoms. The van der Waals surface area contributed by atoms with Crippen molar-refractivity contribution in [1.82, 2.24) is 9.55 Å². The zero-order valence-corrected chi connectivity index (χ0v) is 8.98. The summed E-state index contributed by atoms with van der Waals surface area (Å²) in [5, 5.41) is 19.4. The van der Waals surface area contributed by atoms with Gasteiger partial charge in [0.05, 0.1) is 11.4 Å². The highest BCUT2D eigenvalue weighted by Gasteiger charge is 2.24. The molecule has 0 radical (unpaired) electrons. The van der Waals surface area contributed by atoms with E-state index in [1.807, 2.05) is 6.07 Å². The highest BCUT2D eigenvalue weighted by molar-refractivity contribution is 9.08. The van der Waals surface area contributed by atoms with Crippen LogP contribution in [0.25, 0.3) is 0 Å². The van der Waals surface area contributed by atoms with Crippen molar-refractivity contribution in [3.8, 4) is 6.07 Å². The fourth-order valence-corrected chi connectivity index (χ4v) is 1.72. The summed E-state index contributed by atoms with van der Waals surface area (Å²) < 4.78 is 1.57. The first-order chi connectivity index (χ1) is 6.61. The Bertz CT molecular complexity index is 407.